The third-order valence-electron chi connectivity index (χ3n) is 5.21. The number of pyridine rings is 2. The molecule has 4 aromatic rings. The van der Waals surface area contributed by atoms with Gasteiger partial charge in [-0.3, -0.25) is 4.79 Å². The molecule has 0 aromatic carbocycles. The Balaban J connectivity index is 1.58. The molecule has 5 rings (SSSR count). The van der Waals surface area contributed by atoms with Crippen molar-refractivity contribution in [2.24, 2.45) is 7.05 Å². The minimum Gasteiger partial charge on any atom is -0.381 e. The lowest BCUT2D eigenvalue weighted by Crippen LogP contribution is -2.22. The van der Waals surface area contributed by atoms with E-state index in [0.717, 1.165) is 40.8 Å². The number of rotatable bonds is 3. The zero-order valence-corrected chi connectivity index (χ0v) is 15.4. The molecule has 1 saturated heterocycles. The number of hydrogen-bond donors (Lipinski definition) is 1. The van der Waals surface area contributed by atoms with Crippen LogP contribution in [0.5, 0.6) is 0 Å². The van der Waals surface area contributed by atoms with E-state index in [9.17, 15) is 4.79 Å². The molecular weight excluding hydrogens is 358 g/mol. The summed E-state index contributed by atoms with van der Waals surface area (Å²) in [6, 6.07) is 5.47. The van der Waals surface area contributed by atoms with Gasteiger partial charge in [0.05, 0.1) is 29.1 Å². The van der Waals surface area contributed by atoms with E-state index < -0.39 is 0 Å². The number of nitrogens with zero attached hydrogens (tertiary/aromatic N) is 6. The Labute approximate surface area is 160 Å². The molecule has 0 atom stereocenters. The standard InChI is InChI=1S/C19H19N7O2/c1-25-15-9-20-19(23-13-2-3-16-21-11-22-26(16)10-13)24-18(15)14(8-17(25)27)12-4-6-28-7-5-12/h2-3,8-12H,4-7H2,1H3,(H,20,23,24). The molecule has 0 spiro atoms. The predicted molar refractivity (Wildman–Crippen MR) is 104 cm³/mol. The summed E-state index contributed by atoms with van der Waals surface area (Å²) in [6.07, 6.45) is 6.81. The summed E-state index contributed by atoms with van der Waals surface area (Å²) >= 11 is 0. The Morgan fingerprint density at radius 2 is 2.07 bits per heavy atom. The second kappa shape index (κ2) is 6.68. The molecule has 4 aromatic heterocycles. The molecule has 1 N–H and O–H groups in total. The van der Waals surface area contributed by atoms with Gasteiger partial charge in [0.25, 0.3) is 5.56 Å². The molecule has 9 heteroatoms. The number of aryl methyl sites for hydroxylation is 1. The van der Waals surface area contributed by atoms with Crippen LogP contribution >= 0.6 is 0 Å². The maximum atomic E-state index is 12.4. The van der Waals surface area contributed by atoms with Crippen molar-refractivity contribution < 1.29 is 4.74 Å². The van der Waals surface area contributed by atoms with Crippen molar-refractivity contribution in [2.45, 2.75) is 18.8 Å². The second-order valence-electron chi connectivity index (χ2n) is 6.92. The van der Waals surface area contributed by atoms with Crippen LogP contribution in [-0.2, 0) is 11.8 Å². The smallest absolute Gasteiger partial charge is 0.251 e. The predicted octanol–water partition coefficient (Wildman–Crippen LogP) is 2.01. The van der Waals surface area contributed by atoms with Crippen LogP contribution < -0.4 is 10.9 Å². The van der Waals surface area contributed by atoms with Gasteiger partial charge in [-0.25, -0.2) is 19.5 Å². The van der Waals surface area contributed by atoms with Crippen LogP contribution in [0.1, 0.15) is 24.3 Å². The average Bonchev–Trinajstić information content (AvgIpc) is 3.19. The SMILES string of the molecule is Cn1c(=O)cc(C2CCOCC2)c2nc(Nc3ccc4ncnn4c3)ncc21. The minimum atomic E-state index is -0.0464. The quantitative estimate of drug-likeness (QED) is 0.583. The van der Waals surface area contributed by atoms with Crippen LogP contribution in [0.25, 0.3) is 16.7 Å². The van der Waals surface area contributed by atoms with Crippen molar-refractivity contribution in [3.63, 3.8) is 0 Å². The molecule has 0 amide bonds. The molecular formula is C19H19N7O2. The molecule has 0 radical (unpaired) electrons. The van der Waals surface area contributed by atoms with Crippen molar-refractivity contribution >= 4 is 28.3 Å². The van der Waals surface area contributed by atoms with Crippen molar-refractivity contribution in [3.8, 4) is 0 Å². The molecule has 142 valence electrons. The molecule has 0 aliphatic carbocycles. The van der Waals surface area contributed by atoms with Crippen LogP contribution in [-0.4, -0.2) is 42.3 Å². The summed E-state index contributed by atoms with van der Waals surface area (Å²) in [5.74, 6) is 0.735. The summed E-state index contributed by atoms with van der Waals surface area (Å²) < 4.78 is 8.74. The second-order valence-corrected chi connectivity index (χ2v) is 6.92. The van der Waals surface area contributed by atoms with E-state index in [1.165, 1.54) is 6.33 Å². The van der Waals surface area contributed by atoms with E-state index in [1.807, 2.05) is 18.3 Å². The van der Waals surface area contributed by atoms with E-state index in [0.29, 0.717) is 19.2 Å². The molecule has 1 aliphatic rings. The van der Waals surface area contributed by atoms with Crippen LogP contribution in [0.2, 0.25) is 0 Å². The Hall–Kier alpha value is -3.33. The normalized spacial score (nSPS) is 15.3. The van der Waals surface area contributed by atoms with Crippen molar-refractivity contribution in [3.05, 3.63) is 52.8 Å². The van der Waals surface area contributed by atoms with Crippen LogP contribution in [0, 0.1) is 0 Å². The fourth-order valence-electron chi connectivity index (χ4n) is 3.65. The summed E-state index contributed by atoms with van der Waals surface area (Å²) in [7, 11) is 1.74. The molecule has 0 bridgehead atoms. The number of nitrogens with one attached hydrogen (secondary N) is 1. The molecule has 0 saturated carbocycles. The van der Waals surface area contributed by atoms with Crippen LogP contribution in [0.15, 0.2) is 41.7 Å². The third kappa shape index (κ3) is 2.89. The first-order chi connectivity index (χ1) is 13.7. The fourth-order valence-corrected chi connectivity index (χ4v) is 3.65. The molecule has 28 heavy (non-hydrogen) atoms. The third-order valence-corrected chi connectivity index (χ3v) is 5.21. The number of fused-ring (bicyclic) bond motifs is 2. The summed E-state index contributed by atoms with van der Waals surface area (Å²) in [6.45, 7) is 1.41. The largest absolute Gasteiger partial charge is 0.381 e. The minimum absolute atomic E-state index is 0.0464. The molecule has 1 fully saturated rings. The number of hydrogen-bond acceptors (Lipinski definition) is 7. The highest BCUT2D eigenvalue weighted by atomic mass is 16.5. The van der Waals surface area contributed by atoms with Crippen molar-refractivity contribution in [1.29, 1.82) is 0 Å². The topological polar surface area (TPSA) is 99.2 Å². The number of aromatic nitrogens is 6. The van der Waals surface area contributed by atoms with Gasteiger partial charge >= 0.3 is 0 Å². The lowest BCUT2D eigenvalue weighted by atomic mass is 9.91. The van der Waals surface area contributed by atoms with Gasteiger partial charge in [0.1, 0.15) is 6.33 Å². The van der Waals surface area contributed by atoms with E-state index >= 15 is 0 Å². The zero-order valence-electron chi connectivity index (χ0n) is 15.4. The monoisotopic (exact) mass is 377 g/mol. The van der Waals surface area contributed by atoms with Gasteiger partial charge in [-0.2, -0.15) is 5.10 Å². The molecule has 9 nitrogen and oxygen atoms in total. The summed E-state index contributed by atoms with van der Waals surface area (Å²) in [4.78, 5) is 25.7. The first-order valence-corrected chi connectivity index (χ1v) is 9.20. The van der Waals surface area contributed by atoms with Gasteiger partial charge in [-0.05, 0) is 36.5 Å². The van der Waals surface area contributed by atoms with Crippen LogP contribution in [0.4, 0.5) is 11.6 Å². The van der Waals surface area contributed by atoms with Crippen molar-refractivity contribution in [2.75, 3.05) is 18.5 Å². The maximum absolute atomic E-state index is 12.4. The summed E-state index contributed by atoms with van der Waals surface area (Å²) in [5, 5.41) is 7.36. The van der Waals surface area contributed by atoms with E-state index in [-0.39, 0.29) is 11.5 Å². The van der Waals surface area contributed by atoms with Gasteiger partial charge in [0.2, 0.25) is 5.95 Å². The number of anilines is 2. The Kier molecular flexibility index (Phi) is 4.01. The fraction of sp³-hybridized carbons (Fsp3) is 0.316. The average molecular weight is 377 g/mol. The van der Waals surface area contributed by atoms with E-state index in [2.05, 4.69) is 20.4 Å². The molecule has 5 heterocycles. The van der Waals surface area contributed by atoms with Gasteiger partial charge in [-0.15, -0.1) is 0 Å². The van der Waals surface area contributed by atoms with E-state index in [4.69, 9.17) is 9.72 Å². The highest BCUT2D eigenvalue weighted by Gasteiger charge is 2.21. The molecule has 0 unspecified atom stereocenters. The first-order valence-electron chi connectivity index (χ1n) is 9.20. The van der Waals surface area contributed by atoms with Gasteiger partial charge in [0, 0.05) is 26.3 Å². The van der Waals surface area contributed by atoms with Crippen LogP contribution in [0.3, 0.4) is 0 Å². The summed E-state index contributed by atoms with van der Waals surface area (Å²) in [5.41, 5.74) is 4.02. The maximum Gasteiger partial charge on any atom is 0.251 e. The van der Waals surface area contributed by atoms with E-state index in [1.54, 1.807) is 28.4 Å². The van der Waals surface area contributed by atoms with Crippen molar-refractivity contribution in [1.82, 2.24) is 29.1 Å². The lowest BCUT2D eigenvalue weighted by Gasteiger charge is -2.23. The first kappa shape index (κ1) is 16.8. The zero-order chi connectivity index (χ0) is 19.1. The van der Waals surface area contributed by atoms with Gasteiger partial charge in [-0.1, -0.05) is 0 Å². The Morgan fingerprint density at radius 3 is 2.93 bits per heavy atom. The van der Waals surface area contributed by atoms with Gasteiger partial charge < -0.3 is 14.6 Å². The highest BCUT2D eigenvalue weighted by molar-refractivity contribution is 5.79. The molecule has 1 aliphatic heterocycles. The Bertz CT molecular complexity index is 1220. The Morgan fingerprint density at radius 1 is 1.21 bits per heavy atom. The lowest BCUT2D eigenvalue weighted by molar-refractivity contribution is 0.0855. The number of ether oxygens (including phenoxy) is 1. The van der Waals surface area contributed by atoms with Gasteiger partial charge in [0.15, 0.2) is 5.65 Å². The highest BCUT2D eigenvalue weighted by Crippen LogP contribution is 2.30.